The molecule has 3 rings (SSSR count). The molecule has 1 aromatic carbocycles. The van der Waals surface area contributed by atoms with E-state index >= 15 is 0 Å². The quantitative estimate of drug-likeness (QED) is 0.877. The maximum Gasteiger partial charge on any atom is 0.138 e. The molecule has 1 aromatic heterocycles. The average Bonchev–Trinajstić information content (AvgIpc) is 2.75. The molecule has 4 heteroatoms. The Hall–Kier alpha value is -1.13. The minimum absolute atomic E-state index is 0.417. The van der Waals surface area contributed by atoms with Gasteiger partial charge in [-0.05, 0) is 18.9 Å². The van der Waals surface area contributed by atoms with Crippen molar-refractivity contribution in [2.45, 2.75) is 25.5 Å². The smallest absolute Gasteiger partial charge is 0.138 e. The third-order valence-electron chi connectivity index (χ3n) is 3.13. The largest absolute Gasteiger partial charge is 0.385 e. The maximum absolute atomic E-state index is 9.90. The van der Waals surface area contributed by atoms with Crippen LogP contribution >= 0.6 is 15.9 Å². The normalized spacial score (nSPS) is 19.1. The van der Waals surface area contributed by atoms with Gasteiger partial charge in [0.05, 0.1) is 5.69 Å². The number of nitrogens with zero attached hydrogens (tertiary/aromatic N) is 2. The van der Waals surface area contributed by atoms with E-state index in [4.69, 9.17) is 0 Å². The van der Waals surface area contributed by atoms with Gasteiger partial charge in [0.2, 0.25) is 0 Å². The maximum atomic E-state index is 9.90. The Bertz CT molecular complexity index is 550. The van der Waals surface area contributed by atoms with Crippen LogP contribution in [0.1, 0.15) is 24.8 Å². The molecule has 88 valence electrons. The Morgan fingerprint density at radius 1 is 1.35 bits per heavy atom. The molecule has 1 atom stereocenters. The summed E-state index contributed by atoms with van der Waals surface area (Å²) in [6.07, 6.45) is 3.43. The molecule has 0 bridgehead atoms. The Morgan fingerprint density at radius 2 is 2.18 bits per heavy atom. The first-order valence-electron chi connectivity index (χ1n) is 5.76. The van der Waals surface area contributed by atoms with Gasteiger partial charge < -0.3 is 9.67 Å². The van der Waals surface area contributed by atoms with Gasteiger partial charge in [0.15, 0.2) is 0 Å². The average molecular weight is 293 g/mol. The highest BCUT2D eigenvalue weighted by Crippen LogP contribution is 2.31. The number of aromatic nitrogens is 2. The summed E-state index contributed by atoms with van der Waals surface area (Å²) in [7, 11) is 0. The first-order valence-corrected chi connectivity index (χ1v) is 6.55. The Balaban J connectivity index is 2.08. The van der Waals surface area contributed by atoms with Gasteiger partial charge in [-0.1, -0.05) is 34.1 Å². The molecule has 0 saturated heterocycles. The second-order valence-electron chi connectivity index (χ2n) is 4.32. The molecule has 2 heterocycles. The minimum Gasteiger partial charge on any atom is -0.385 e. The number of fused-ring (bicyclic) bond motifs is 1. The summed E-state index contributed by atoms with van der Waals surface area (Å²) in [5.41, 5.74) is 2.00. The third kappa shape index (κ3) is 1.91. The molecular formula is C13H13BrN2O. The second kappa shape index (κ2) is 4.27. The van der Waals surface area contributed by atoms with Crippen LogP contribution < -0.4 is 0 Å². The molecule has 0 saturated carbocycles. The van der Waals surface area contributed by atoms with Crippen LogP contribution in [0, 0.1) is 0 Å². The van der Waals surface area contributed by atoms with Gasteiger partial charge in [0, 0.05) is 22.8 Å². The highest BCUT2D eigenvalue weighted by molar-refractivity contribution is 9.10. The van der Waals surface area contributed by atoms with E-state index in [-0.39, 0.29) is 0 Å². The molecule has 1 aliphatic heterocycles. The van der Waals surface area contributed by atoms with Crippen LogP contribution in [-0.4, -0.2) is 14.7 Å². The predicted octanol–water partition coefficient (Wildman–Crippen LogP) is 3.14. The van der Waals surface area contributed by atoms with E-state index in [1.807, 2.05) is 30.5 Å². The lowest BCUT2D eigenvalue weighted by molar-refractivity contribution is 0.134. The second-order valence-corrected chi connectivity index (χ2v) is 5.17. The molecule has 0 amide bonds. The summed E-state index contributed by atoms with van der Waals surface area (Å²) in [5.74, 6) is 0.794. The van der Waals surface area contributed by atoms with Gasteiger partial charge in [0.1, 0.15) is 11.9 Å². The molecule has 3 nitrogen and oxygen atoms in total. The first kappa shape index (κ1) is 11.0. The number of benzene rings is 1. The van der Waals surface area contributed by atoms with E-state index < -0.39 is 6.10 Å². The van der Waals surface area contributed by atoms with E-state index in [1.54, 1.807) is 0 Å². The van der Waals surface area contributed by atoms with E-state index in [1.165, 1.54) is 0 Å². The topological polar surface area (TPSA) is 38.0 Å². The number of aryl methyl sites for hydroxylation is 1. The molecule has 0 unspecified atom stereocenters. The number of aliphatic hydroxyl groups excluding tert-OH is 1. The molecular weight excluding hydrogens is 280 g/mol. The standard InChI is InChI=1S/C13H13BrN2O/c14-10-5-2-1-4-9(10)11-8-16-7-3-6-12(17)13(16)15-11/h1-2,4-5,8,12,17H,3,6-7H2/t12-/m1/s1. The van der Waals surface area contributed by atoms with Gasteiger partial charge in [-0.25, -0.2) is 4.98 Å². The van der Waals surface area contributed by atoms with Crippen molar-refractivity contribution in [3.63, 3.8) is 0 Å². The number of hydrogen-bond acceptors (Lipinski definition) is 2. The Kier molecular flexibility index (Phi) is 2.76. The van der Waals surface area contributed by atoms with Crippen LogP contribution in [0.15, 0.2) is 34.9 Å². The van der Waals surface area contributed by atoms with Crippen LogP contribution in [0.5, 0.6) is 0 Å². The predicted molar refractivity (Wildman–Crippen MR) is 69.6 cm³/mol. The lowest BCUT2D eigenvalue weighted by Gasteiger charge is -2.18. The zero-order valence-electron chi connectivity index (χ0n) is 9.31. The number of imidazole rings is 1. The molecule has 1 N–H and O–H groups in total. The zero-order chi connectivity index (χ0) is 11.8. The van der Waals surface area contributed by atoms with Crippen molar-refractivity contribution in [2.24, 2.45) is 0 Å². The molecule has 0 fully saturated rings. The van der Waals surface area contributed by atoms with Crippen molar-refractivity contribution in [1.82, 2.24) is 9.55 Å². The SMILES string of the molecule is O[C@@H]1CCCn2cc(-c3ccccc3Br)nc21. The molecule has 0 radical (unpaired) electrons. The van der Waals surface area contributed by atoms with Gasteiger partial charge in [-0.3, -0.25) is 0 Å². The summed E-state index contributed by atoms with van der Waals surface area (Å²) in [6.45, 7) is 0.948. The summed E-state index contributed by atoms with van der Waals surface area (Å²) in [4.78, 5) is 4.55. The fourth-order valence-electron chi connectivity index (χ4n) is 2.26. The van der Waals surface area contributed by atoms with Crippen molar-refractivity contribution in [2.75, 3.05) is 0 Å². The highest BCUT2D eigenvalue weighted by atomic mass is 79.9. The number of hydrogen-bond donors (Lipinski definition) is 1. The summed E-state index contributed by atoms with van der Waals surface area (Å²) < 4.78 is 3.09. The van der Waals surface area contributed by atoms with Crippen LogP contribution in [0.3, 0.4) is 0 Å². The Labute approximate surface area is 108 Å². The van der Waals surface area contributed by atoms with E-state index in [9.17, 15) is 5.11 Å². The van der Waals surface area contributed by atoms with Crippen molar-refractivity contribution < 1.29 is 5.11 Å². The monoisotopic (exact) mass is 292 g/mol. The van der Waals surface area contributed by atoms with Crippen LogP contribution in [0.25, 0.3) is 11.3 Å². The van der Waals surface area contributed by atoms with Crippen LogP contribution in [-0.2, 0) is 6.54 Å². The lowest BCUT2D eigenvalue weighted by atomic mass is 10.1. The van der Waals surface area contributed by atoms with Gasteiger partial charge in [-0.2, -0.15) is 0 Å². The first-order chi connectivity index (χ1) is 8.25. The fraction of sp³-hybridized carbons (Fsp3) is 0.308. The summed E-state index contributed by atoms with van der Waals surface area (Å²) >= 11 is 3.53. The van der Waals surface area contributed by atoms with Crippen LogP contribution in [0.2, 0.25) is 0 Å². The van der Waals surface area contributed by atoms with Crippen molar-refractivity contribution >= 4 is 15.9 Å². The van der Waals surface area contributed by atoms with Gasteiger partial charge in [-0.15, -0.1) is 0 Å². The summed E-state index contributed by atoms with van der Waals surface area (Å²) in [5, 5.41) is 9.90. The van der Waals surface area contributed by atoms with Gasteiger partial charge >= 0.3 is 0 Å². The zero-order valence-corrected chi connectivity index (χ0v) is 10.9. The molecule has 0 aliphatic carbocycles. The number of aliphatic hydroxyl groups is 1. The fourth-order valence-corrected chi connectivity index (χ4v) is 2.75. The Morgan fingerprint density at radius 3 is 2.94 bits per heavy atom. The molecule has 1 aliphatic rings. The van der Waals surface area contributed by atoms with Crippen molar-refractivity contribution in [3.05, 3.63) is 40.8 Å². The van der Waals surface area contributed by atoms with E-state index in [2.05, 4.69) is 25.5 Å². The number of rotatable bonds is 1. The lowest BCUT2D eigenvalue weighted by Crippen LogP contribution is -2.14. The van der Waals surface area contributed by atoms with Crippen LogP contribution in [0.4, 0.5) is 0 Å². The summed E-state index contributed by atoms with van der Waals surface area (Å²) in [6, 6.07) is 8.02. The third-order valence-corrected chi connectivity index (χ3v) is 3.82. The van der Waals surface area contributed by atoms with Crippen molar-refractivity contribution in [1.29, 1.82) is 0 Å². The molecule has 0 spiro atoms. The highest BCUT2D eigenvalue weighted by Gasteiger charge is 2.21. The minimum atomic E-state index is -0.417. The molecule has 17 heavy (non-hydrogen) atoms. The van der Waals surface area contributed by atoms with E-state index in [0.717, 1.165) is 40.9 Å². The number of halogens is 1. The molecule has 2 aromatic rings. The van der Waals surface area contributed by atoms with Gasteiger partial charge in [0.25, 0.3) is 0 Å². The van der Waals surface area contributed by atoms with Crippen molar-refractivity contribution in [3.8, 4) is 11.3 Å². The van der Waals surface area contributed by atoms with E-state index in [0.29, 0.717) is 0 Å².